The standard InChI is InChI=1S/C18H14F2N2O.C2H6/c1-11-13(18(23)21-12-6-4-3-5-7-12)10-22(2)17-15(20)9-8-14(19)16(11)17;1-2/h3-10H,1H2,2H3,(H,21,23);1-2H3. The Labute approximate surface area is 146 Å². The largest absolute Gasteiger partial charge is 0.347 e. The minimum Gasteiger partial charge on any atom is -0.347 e. The molecule has 25 heavy (non-hydrogen) atoms. The normalized spacial score (nSPS) is 12.6. The predicted octanol–water partition coefficient (Wildman–Crippen LogP) is 4.98. The Hall–Kier alpha value is -2.95. The molecule has 1 amide bonds. The first-order valence-corrected chi connectivity index (χ1v) is 7.97. The van der Waals surface area contributed by atoms with Gasteiger partial charge in [-0.3, -0.25) is 4.79 Å². The highest BCUT2D eigenvalue weighted by Crippen LogP contribution is 2.39. The van der Waals surface area contributed by atoms with E-state index in [0.29, 0.717) is 5.69 Å². The van der Waals surface area contributed by atoms with E-state index in [-0.39, 0.29) is 22.4 Å². The van der Waals surface area contributed by atoms with Gasteiger partial charge in [-0.25, -0.2) is 8.78 Å². The molecule has 0 aromatic heterocycles. The van der Waals surface area contributed by atoms with Gasteiger partial charge in [0.25, 0.3) is 5.91 Å². The molecule has 1 aliphatic rings. The van der Waals surface area contributed by atoms with E-state index in [1.165, 1.54) is 11.1 Å². The summed E-state index contributed by atoms with van der Waals surface area (Å²) >= 11 is 0. The summed E-state index contributed by atoms with van der Waals surface area (Å²) in [6, 6.07) is 11.0. The summed E-state index contributed by atoms with van der Waals surface area (Å²) in [4.78, 5) is 13.8. The first-order chi connectivity index (χ1) is 12.0. The van der Waals surface area contributed by atoms with Crippen LogP contribution >= 0.6 is 0 Å². The minimum absolute atomic E-state index is 0.00760. The van der Waals surface area contributed by atoms with Crippen LogP contribution in [0.3, 0.4) is 0 Å². The zero-order valence-corrected chi connectivity index (χ0v) is 14.4. The topological polar surface area (TPSA) is 32.3 Å². The van der Waals surface area contributed by atoms with E-state index in [9.17, 15) is 13.6 Å². The van der Waals surface area contributed by atoms with E-state index in [4.69, 9.17) is 0 Å². The van der Waals surface area contributed by atoms with Crippen LogP contribution < -0.4 is 10.2 Å². The molecular weight excluding hydrogens is 322 g/mol. The molecule has 0 radical (unpaired) electrons. The van der Waals surface area contributed by atoms with Gasteiger partial charge in [-0.05, 0) is 29.8 Å². The number of amides is 1. The number of rotatable bonds is 2. The molecule has 3 nitrogen and oxygen atoms in total. The van der Waals surface area contributed by atoms with E-state index in [0.717, 1.165) is 12.1 Å². The molecule has 2 aromatic carbocycles. The lowest BCUT2D eigenvalue weighted by Gasteiger charge is -2.27. The fourth-order valence-corrected chi connectivity index (χ4v) is 2.56. The van der Waals surface area contributed by atoms with Crippen molar-refractivity contribution >= 4 is 22.9 Å². The molecule has 1 N–H and O–H groups in total. The third-order valence-corrected chi connectivity index (χ3v) is 3.66. The second kappa shape index (κ2) is 7.75. The van der Waals surface area contributed by atoms with E-state index in [2.05, 4.69) is 11.9 Å². The summed E-state index contributed by atoms with van der Waals surface area (Å²) < 4.78 is 28.1. The van der Waals surface area contributed by atoms with Crippen molar-refractivity contribution < 1.29 is 13.6 Å². The average molecular weight is 342 g/mol. The number of carbonyl (C=O) groups is 1. The Bertz CT molecular complexity index is 829. The first kappa shape index (κ1) is 18.4. The highest BCUT2D eigenvalue weighted by Gasteiger charge is 2.28. The minimum atomic E-state index is -0.614. The van der Waals surface area contributed by atoms with Crippen LogP contribution in [0.2, 0.25) is 0 Å². The Kier molecular flexibility index (Phi) is 5.70. The predicted molar refractivity (Wildman–Crippen MR) is 98.3 cm³/mol. The van der Waals surface area contributed by atoms with E-state index in [1.807, 2.05) is 19.9 Å². The molecule has 0 unspecified atom stereocenters. The number of hydrogen-bond acceptors (Lipinski definition) is 2. The summed E-state index contributed by atoms with van der Waals surface area (Å²) in [6.07, 6.45) is 1.45. The molecule has 130 valence electrons. The SMILES string of the molecule is C=C1C(C(=O)Nc2ccccc2)=CN(C)c2c(F)ccc(F)c21.CC. The molecule has 0 fully saturated rings. The molecule has 3 rings (SSSR count). The zero-order valence-electron chi connectivity index (χ0n) is 14.4. The van der Waals surface area contributed by atoms with Gasteiger partial charge in [-0.15, -0.1) is 0 Å². The highest BCUT2D eigenvalue weighted by molar-refractivity contribution is 6.16. The third-order valence-electron chi connectivity index (χ3n) is 3.66. The van der Waals surface area contributed by atoms with E-state index < -0.39 is 17.5 Å². The molecule has 0 bridgehead atoms. The van der Waals surface area contributed by atoms with Crippen molar-refractivity contribution in [3.8, 4) is 0 Å². The van der Waals surface area contributed by atoms with Crippen molar-refractivity contribution in [1.29, 1.82) is 0 Å². The van der Waals surface area contributed by atoms with Crippen LogP contribution in [0.4, 0.5) is 20.2 Å². The van der Waals surface area contributed by atoms with Crippen molar-refractivity contribution in [2.24, 2.45) is 0 Å². The zero-order chi connectivity index (χ0) is 18.6. The van der Waals surface area contributed by atoms with Gasteiger partial charge in [-0.2, -0.15) is 0 Å². The Morgan fingerprint density at radius 3 is 2.28 bits per heavy atom. The van der Waals surface area contributed by atoms with E-state index in [1.54, 1.807) is 31.3 Å². The van der Waals surface area contributed by atoms with Crippen molar-refractivity contribution in [2.45, 2.75) is 13.8 Å². The molecule has 1 aliphatic heterocycles. The fraction of sp³-hybridized carbons (Fsp3) is 0.150. The van der Waals surface area contributed by atoms with Gasteiger partial charge in [0.15, 0.2) is 0 Å². The van der Waals surface area contributed by atoms with Crippen LogP contribution in [0.1, 0.15) is 19.4 Å². The Morgan fingerprint density at radius 2 is 1.64 bits per heavy atom. The summed E-state index contributed by atoms with van der Waals surface area (Å²) in [5.74, 6) is -1.61. The second-order valence-electron chi connectivity index (χ2n) is 5.21. The van der Waals surface area contributed by atoms with Crippen LogP contribution in [-0.4, -0.2) is 13.0 Å². The molecule has 0 aliphatic carbocycles. The fourth-order valence-electron chi connectivity index (χ4n) is 2.56. The monoisotopic (exact) mass is 342 g/mol. The quantitative estimate of drug-likeness (QED) is 0.835. The maximum absolute atomic E-state index is 14.1. The van der Waals surface area contributed by atoms with Gasteiger partial charge in [-0.1, -0.05) is 38.6 Å². The number of nitrogens with one attached hydrogen (secondary N) is 1. The van der Waals surface area contributed by atoms with Crippen molar-refractivity contribution in [1.82, 2.24) is 0 Å². The number of nitrogens with zero attached hydrogens (tertiary/aromatic N) is 1. The Morgan fingerprint density at radius 1 is 1.04 bits per heavy atom. The maximum atomic E-state index is 14.1. The van der Waals surface area contributed by atoms with Crippen LogP contribution in [0.25, 0.3) is 5.57 Å². The lowest BCUT2D eigenvalue weighted by molar-refractivity contribution is -0.112. The summed E-state index contributed by atoms with van der Waals surface area (Å²) in [7, 11) is 1.56. The number of anilines is 2. The third kappa shape index (κ3) is 3.60. The van der Waals surface area contributed by atoms with Crippen molar-refractivity contribution in [3.63, 3.8) is 0 Å². The van der Waals surface area contributed by atoms with Crippen LogP contribution in [0, 0.1) is 11.6 Å². The number of para-hydroxylation sites is 1. The summed E-state index contributed by atoms with van der Waals surface area (Å²) in [5, 5.41) is 2.72. The molecular formula is C20H20F2N2O. The molecule has 0 atom stereocenters. The summed E-state index contributed by atoms with van der Waals surface area (Å²) in [6.45, 7) is 7.77. The van der Waals surface area contributed by atoms with Gasteiger partial charge >= 0.3 is 0 Å². The van der Waals surface area contributed by atoms with Gasteiger partial charge < -0.3 is 10.2 Å². The molecule has 1 heterocycles. The highest BCUT2D eigenvalue weighted by atomic mass is 19.1. The Balaban J connectivity index is 0.00000109. The molecule has 0 saturated heterocycles. The number of benzene rings is 2. The molecule has 0 saturated carbocycles. The lowest BCUT2D eigenvalue weighted by atomic mass is 9.93. The van der Waals surface area contributed by atoms with Gasteiger partial charge in [0.1, 0.15) is 11.6 Å². The van der Waals surface area contributed by atoms with Crippen molar-refractivity contribution in [3.05, 3.63) is 78.0 Å². The molecule has 5 heteroatoms. The number of hydrogen-bond donors (Lipinski definition) is 1. The number of fused-ring (bicyclic) bond motifs is 1. The van der Waals surface area contributed by atoms with Crippen LogP contribution in [0.15, 0.2) is 60.8 Å². The first-order valence-electron chi connectivity index (χ1n) is 7.97. The van der Waals surface area contributed by atoms with Crippen molar-refractivity contribution in [2.75, 3.05) is 17.3 Å². The summed E-state index contributed by atoms with van der Waals surface area (Å²) in [5.41, 5.74) is 1.04. The van der Waals surface area contributed by atoms with Crippen LogP contribution in [0.5, 0.6) is 0 Å². The van der Waals surface area contributed by atoms with Crippen LogP contribution in [-0.2, 0) is 4.79 Å². The lowest BCUT2D eigenvalue weighted by Crippen LogP contribution is -2.25. The van der Waals surface area contributed by atoms with E-state index >= 15 is 0 Å². The average Bonchev–Trinajstić information content (AvgIpc) is 2.62. The van der Waals surface area contributed by atoms with Gasteiger partial charge in [0.05, 0.1) is 11.3 Å². The van der Waals surface area contributed by atoms with Gasteiger partial charge in [0, 0.05) is 24.5 Å². The maximum Gasteiger partial charge on any atom is 0.257 e. The number of carbonyl (C=O) groups excluding carboxylic acids is 1. The number of halogens is 2. The molecule has 0 spiro atoms. The molecule has 2 aromatic rings. The second-order valence-corrected chi connectivity index (χ2v) is 5.21. The smallest absolute Gasteiger partial charge is 0.257 e. The van der Waals surface area contributed by atoms with Gasteiger partial charge in [0.2, 0.25) is 0 Å².